The van der Waals surface area contributed by atoms with E-state index in [2.05, 4.69) is 33.0 Å². The maximum absolute atomic E-state index is 12.5. The lowest BCUT2D eigenvalue weighted by molar-refractivity contribution is -0.149. The summed E-state index contributed by atoms with van der Waals surface area (Å²) in [6.45, 7) is 10.7. The van der Waals surface area contributed by atoms with E-state index >= 15 is 0 Å². The first-order valence-corrected chi connectivity index (χ1v) is 8.06. The quantitative estimate of drug-likeness (QED) is 0.839. The molecular weight excluding hydrogens is 260 g/mol. The molecule has 1 aliphatic heterocycles. The van der Waals surface area contributed by atoms with E-state index in [4.69, 9.17) is 0 Å². The molecule has 1 N–H and O–H groups in total. The molecule has 0 bridgehead atoms. The van der Waals surface area contributed by atoms with E-state index < -0.39 is 0 Å². The molecular formula is C14H26N2O2S. The van der Waals surface area contributed by atoms with Gasteiger partial charge in [-0.25, -0.2) is 0 Å². The number of piperazine rings is 1. The van der Waals surface area contributed by atoms with E-state index in [1.807, 2.05) is 6.26 Å². The Hall–Kier alpha value is -0.710. The zero-order valence-corrected chi connectivity index (χ0v) is 13.6. The molecule has 1 heterocycles. The van der Waals surface area contributed by atoms with Crippen LogP contribution in [0.3, 0.4) is 0 Å². The average molecular weight is 286 g/mol. The maximum Gasteiger partial charge on any atom is 0.245 e. The minimum Gasteiger partial charge on any atom is -0.343 e. The molecule has 0 radical (unpaired) electrons. The maximum atomic E-state index is 12.5. The molecule has 1 aliphatic rings. The van der Waals surface area contributed by atoms with Gasteiger partial charge in [-0.15, -0.1) is 0 Å². The third-order valence-electron chi connectivity index (χ3n) is 3.56. The first kappa shape index (κ1) is 16.3. The van der Waals surface area contributed by atoms with Gasteiger partial charge in [0.15, 0.2) is 0 Å². The summed E-state index contributed by atoms with van der Waals surface area (Å²) in [6, 6.07) is -0.733. The molecule has 1 rings (SSSR count). The van der Waals surface area contributed by atoms with Crippen LogP contribution in [-0.4, -0.2) is 46.3 Å². The predicted molar refractivity (Wildman–Crippen MR) is 80.2 cm³/mol. The SMILES string of the molecule is CSC(C)(C)CN1C(=O)C(CC(C)C)NC(=O)C1C. The highest BCUT2D eigenvalue weighted by atomic mass is 32.2. The minimum absolute atomic E-state index is 0.0378. The largest absolute Gasteiger partial charge is 0.343 e. The summed E-state index contributed by atoms with van der Waals surface area (Å²) < 4.78 is -0.0378. The first-order chi connectivity index (χ1) is 8.68. The normalized spacial score (nSPS) is 24.9. The van der Waals surface area contributed by atoms with Gasteiger partial charge in [0.05, 0.1) is 0 Å². The third kappa shape index (κ3) is 4.13. The molecule has 0 saturated carbocycles. The summed E-state index contributed by atoms with van der Waals surface area (Å²) in [5.41, 5.74) is 0. The number of thioether (sulfide) groups is 1. The topological polar surface area (TPSA) is 49.4 Å². The molecule has 5 heteroatoms. The highest BCUT2D eigenvalue weighted by Crippen LogP contribution is 2.25. The summed E-state index contributed by atoms with van der Waals surface area (Å²) in [5, 5.41) is 2.84. The van der Waals surface area contributed by atoms with Crippen molar-refractivity contribution in [3.05, 3.63) is 0 Å². The number of nitrogens with zero attached hydrogens (tertiary/aromatic N) is 1. The van der Waals surface area contributed by atoms with Crippen LogP contribution in [-0.2, 0) is 9.59 Å². The van der Waals surface area contributed by atoms with Gasteiger partial charge >= 0.3 is 0 Å². The fraction of sp³-hybridized carbons (Fsp3) is 0.857. The molecule has 0 aromatic heterocycles. The molecule has 0 spiro atoms. The number of nitrogens with one attached hydrogen (secondary N) is 1. The van der Waals surface area contributed by atoms with Crippen molar-refractivity contribution >= 4 is 23.6 Å². The van der Waals surface area contributed by atoms with E-state index in [1.54, 1.807) is 23.6 Å². The Morgan fingerprint density at radius 3 is 2.42 bits per heavy atom. The van der Waals surface area contributed by atoms with Crippen molar-refractivity contribution in [2.45, 2.75) is 57.9 Å². The Kier molecular flexibility index (Phi) is 5.30. The second-order valence-corrected chi connectivity index (χ2v) is 7.81. The van der Waals surface area contributed by atoms with Gasteiger partial charge in [-0.3, -0.25) is 9.59 Å². The van der Waals surface area contributed by atoms with E-state index in [0.29, 0.717) is 18.9 Å². The zero-order chi connectivity index (χ0) is 14.8. The van der Waals surface area contributed by atoms with Crippen LogP contribution < -0.4 is 5.32 Å². The second kappa shape index (κ2) is 6.16. The lowest BCUT2D eigenvalue weighted by Gasteiger charge is -2.41. The van der Waals surface area contributed by atoms with Gasteiger partial charge in [0.25, 0.3) is 0 Å². The van der Waals surface area contributed by atoms with Crippen LogP contribution in [0.5, 0.6) is 0 Å². The minimum atomic E-state index is -0.373. The number of carbonyl (C=O) groups is 2. The van der Waals surface area contributed by atoms with Gasteiger partial charge < -0.3 is 10.2 Å². The Bertz CT molecular complexity index is 355. The van der Waals surface area contributed by atoms with Crippen LogP contribution in [0, 0.1) is 5.92 Å². The average Bonchev–Trinajstić information content (AvgIpc) is 2.31. The molecule has 0 aromatic carbocycles. The first-order valence-electron chi connectivity index (χ1n) is 6.84. The van der Waals surface area contributed by atoms with Crippen molar-refractivity contribution in [2.75, 3.05) is 12.8 Å². The molecule has 110 valence electrons. The number of amides is 2. The Balaban J connectivity index is 2.87. The summed E-state index contributed by atoms with van der Waals surface area (Å²) in [4.78, 5) is 26.3. The van der Waals surface area contributed by atoms with Crippen LogP contribution in [0.25, 0.3) is 0 Å². The highest BCUT2D eigenvalue weighted by Gasteiger charge is 2.40. The fourth-order valence-electron chi connectivity index (χ4n) is 2.21. The molecule has 0 aliphatic carbocycles. The van der Waals surface area contributed by atoms with E-state index in [-0.39, 0.29) is 28.6 Å². The highest BCUT2D eigenvalue weighted by molar-refractivity contribution is 7.99. The van der Waals surface area contributed by atoms with Crippen LogP contribution in [0.1, 0.15) is 41.0 Å². The summed E-state index contributed by atoms with van der Waals surface area (Å²) in [5.74, 6) is 0.406. The van der Waals surface area contributed by atoms with Crippen molar-refractivity contribution in [1.82, 2.24) is 10.2 Å². The van der Waals surface area contributed by atoms with E-state index in [1.165, 1.54) is 0 Å². The van der Waals surface area contributed by atoms with Crippen molar-refractivity contribution < 1.29 is 9.59 Å². The fourth-order valence-corrected chi connectivity index (χ4v) is 2.48. The zero-order valence-electron chi connectivity index (χ0n) is 12.8. The Morgan fingerprint density at radius 2 is 1.95 bits per heavy atom. The standard InChI is InChI=1S/C14H26N2O2S/c1-9(2)7-11-13(18)16(8-14(4,5)19-6)10(3)12(17)15-11/h9-11H,7-8H2,1-6H3,(H,15,17). The number of rotatable bonds is 5. The molecule has 2 unspecified atom stereocenters. The number of carbonyl (C=O) groups excluding carboxylic acids is 2. The van der Waals surface area contributed by atoms with Crippen molar-refractivity contribution in [3.63, 3.8) is 0 Å². The van der Waals surface area contributed by atoms with Gasteiger partial charge in [0.1, 0.15) is 12.1 Å². The monoisotopic (exact) mass is 286 g/mol. The number of hydrogen-bond donors (Lipinski definition) is 1. The second-order valence-electron chi connectivity index (χ2n) is 6.30. The smallest absolute Gasteiger partial charge is 0.245 e. The van der Waals surface area contributed by atoms with Gasteiger partial charge in [0.2, 0.25) is 11.8 Å². The number of hydrogen-bond acceptors (Lipinski definition) is 3. The van der Waals surface area contributed by atoms with Crippen LogP contribution in [0.4, 0.5) is 0 Å². The molecule has 19 heavy (non-hydrogen) atoms. The van der Waals surface area contributed by atoms with Crippen LogP contribution >= 0.6 is 11.8 Å². The van der Waals surface area contributed by atoms with Gasteiger partial charge in [0, 0.05) is 11.3 Å². The molecule has 4 nitrogen and oxygen atoms in total. The van der Waals surface area contributed by atoms with E-state index in [0.717, 1.165) is 0 Å². The lowest BCUT2D eigenvalue weighted by Crippen LogP contribution is -2.64. The van der Waals surface area contributed by atoms with Crippen LogP contribution in [0.15, 0.2) is 0 Å². The summed E-state index contributed by atoms with van der Waals surface area (Å²) in [7, 11) is 0. The third-order valence-corrected chi connectivity index (χ3v) is 4.79. The Morgan fingerprint density at radius 1 is 1.37 bits per heavy atom. The summed E-state index contributed by atoms with van der Waals surface area (Å²) >= 11 is 1.72. The van der Waals surface area contributed by atoms with Crippen molar-refractivity contribution in [3.8, 4) is 0 Å². The molecule has 0 aromatic rings. The predicted octanol–water partition coefficient (Wildman–Crippen LogP) is 1.89. The van der Waals surface area contributed by atoms with Crippen molar-refractivity contribution in [1.29, 1.82) is 0 Å². The molecule has 2 atom stereocenters. The lowest BCUT2D eigenvalue weighted by atomic mass is 9.98. The van der Waals surface area contributed by atoms with Crippen molar-refractivity contribution in [2.24, 2.45) is 5.92 Å². The molecule has 1 saturated heterocycles. The van der Waals surface area contributed by atoms with Gasteiger partial charge in [-0.05, 0) is 39.4 Å². The van der Waals surface area contributed by atoms with Gasteiger partial charge in [-0.2, -0.15) is 11.8 Å². The molecule has 1 fully saturated rings. The Labute approximate surface area is 120 Å². The summed E-state index contributed by atoms with van der Waals surface area (Å²) in [6.07, 6.45) is 2.73. The van der Waals surface area contributed by atoms with E-state index in [9.17, 15) is 9.59 Å². The van der Waals surface area contributed by atoms with Gasteiger partial charge in [-0.1, -0.05) is 13.8 Å². The molecule has 2 amide bonds. The van der Waals surface area contributed by atoms with Crippen LogP contribution in [0.2, 0.25) is 0 Å².